The molecule has 1 aliphatic rings. The quantitative estimate of drug-likeness (QED) is 0.793. The van der Waals surface area contributed by atoms with E-state index in [-0.39, 0.29) is 0 Å². The Morgan fingerprint density at radius 2 is 2.31 bits per heavy atom. The van der Waals surface area contributed by atoms with Gasteiger partial charge in [0, 0.05) is 6.20 Å². The summed E-state index contributed by atoms with van der Waals surface area (Å²) in [7, 11) is 0. The summed E-state index contributed by atoms with van der Waals surface area (Å²) in [6.45, 7) is 0. The number of aromatic nitrogens is 1. The van der Waals surface area contributed by atoms with Gasteiger partial charge in [0.15, 0.2) is 0 Å². The lowest BCUT2D eigenvalue weighted by Gasteiger charge is -2.26. The highest BCUT2D eigenvalue weighted by Crippen LogP contribution is 2.28. The van der Waals surface area contributed by atoms with Crippen LogP contribution in [0, 0.1) is 0 Å². The SMILES string of the molecule is Nc1cc(Cl)cnc1OC1CCC1. The summed E-state index contributed by atoms with van der Waals surface area (Å²) in [4.78, 5) is 4.02. The van der Waals surface area contributed by atoms with Crippen LogP contribution in [0.2, 0.25) is 5.02 Å². The van der Waals surface area contributed by atoms with Gasteiger partial charge in [-0.05, 0) is 25.3 Å². The number of pyridine rings is 1. The highest BCUT2D eigenvalue weighted by atomic mass is 35.5. The van der Waals surface area contributed by atoms with Crippen LogP contribution in [0.1, 0.15) is 19.3 Å². The highest BCUT2D eigenvalue weighted by Gasteiger charge is 2.20. The molecule has 1 saturated carbocycles. The van der Waals surface area contributed by atoms with Crippen molar-refractivity contribution in [2.75, 3.05) is 5.73 Å². The van der Waals surface area contributed by atoms with Crippen molar-refractivity contribution in [3.05, 3.63) is 17.3 Å². The minimum absolute atomic E-state index is 0.302. The van der Waals surface area contributed by atoms with E-state index in [0.717, 1.165) is 12.8 Å². The van der Waals surface area contributed by atoms with Gasteiger partial charge in [0.2, 0.25) is 5.88 Å². The molecule has 1 fully saturated rings. The molecule has 4 heteroatoms. The number of nitrogens with zero attached hydrogens (tertiary/aromatic N) is 1. The predicted molar refractivity (Wildman–Crippen MR) is 51.9 cm³/mol. The van der Waals surface area contributed by atoms with Crippen molar-refractivity contribution in [2.24, 2.45) is 0 Å². The molecule has 0 saturated heterocycles. The van der Waals surface area contributed by atoms with E-state index >= 15 is 0 Å². The summed E-state index contributed by atoms with van der Waals surface area (Å²) in [5.74, 6) is 0.508. The van der Waals surface area contributed by atoms with Crippen molar-refractivity contribution in [3.63, 3.8) is 0 Å². The van der Waals surface area contributed by atoms with Crippen LogP contribution >= 0.6 is 11.6 Å². The first-order valence-electron chi connectivity index (χ1n) is 4.33. The van der Waals surface area contributed by atoms with Crippen LogP contribution in [0.15, 0.2) is 12.3 Å². The Balaban J connectivity index is 2.10. The maximum absolute atomic E-state index is 5.70. The normalized spacial score (nSPS) is 16.7. The van der Waals surface area contributed by atoms with E-state index in [1.165, 1.54) is 6.42 Å². The van der Waals surface area contributed by atoms with Gasteiger partial charge in [-0.2, -0.15) is 0 Å². The van der Waals surface area contributed by atoms with Crippen molar-refractivity contribution in [3.8, 4) is 5.88 Å². The first-order chi connectivity index (χ1) is 6.25. The fourth-order valence-corrected chi connectivity index (χ4v) is 1.35. The Morgan fingerprint density at radius 3 is 2.85 bits per heavy atom. The van der Waals surface area contributed by atoms with Gasteiger partial charge in [-0.3, -0.25) is 0 Å². The van der Waals surface area contributed by atoms with Crippen LogP contribution in [0.3, 0.4) is 0 Å². The number of ether oxygens (including phenoxy) is 1. The molecule has 1 aliphatic carbocycles. The number of nitrogens with two attached hydrogens (primary N) is 1. The first kappa shape index (κ1) is 8.63. The zero-order valence-electron chi connectivity index (χ0n) is 7.16. The lowest BCUT2D eigenvalue weighted by molar-refractivity contribution is 0.115. The van der Waals surface area contributed by atoms with E-state index in [0.29, 0.717) is 22.7 Å². The molecule has 0 radical (unpaired) electrons. The lowest BCUT2D eigenvalue weighted by atomic mass is 9.96. The van der Waals surface area contributed by atoms with E-state index in [2.05, 4.69) is 4.98 Å². The molecule has 0 spiro atoms. The molecule has 2 rings (SSSR count). The Bertz CT molecular complexity index is 312. The van der Waals surface area contributed by atoms with Crippen molar-refractivity contribution in [1.82, 2.24) is 4.98 Å². The monoisotopic (exact) mass is 198 g/mol. The summed E-state index contributed by atoms with van der Waals surface area (Å²) >= 11 is 5.70. The molecule has 0 atom stereocenters. The number of nitrogen functional groups attached to an aromatic ring is 1. The van der Waals surface area contributed by atoms with Crippen molar-refractivity contribution in [1.29, 1.82) is 0 Å². The fraction of sp³-hybridized carbons (Fsp3) is 0.444. The number of halogens is 1. The van der Waals surface area contributed by atoms with Crippen LogP contribution in [-0.4, -0.2) is 11.1 Å². The van der Waals surface area contributed by atoms with E-state index < -0.39 is 0 Å². The Morgan fingerprint density at radius 1 is 1.54 bits per heavy atom. The van der Waals surface area contributed by atoms with E-state index in [9.17, 15) is 0 Å². The minimum Gasteiger partial charge on any atom is -0.473 e. The molecule has 3 nitrogen and oxygen atoms in total. The van der Waals surface area contributed by atoms with Gasteiger partial charge >= 0.3 is 0 Å². The largest absolute Gasteiger partial charge is 0.473 e. The summed E-state index contributed by atoms with van der Waals surface area (Å²) in [6.07, 6.45) is 5.29. The summed E-state index contributed by atoms with van der Waals surface area (Å²) < 4.78 is 5.54. The third-order valence-electron chi connectivity index (χ3n) is 2.18. The van der Waals surface area contributed by atoms with E-state index in [1.807, 2.05) is 0 Å². The van der Waals surface area contributed by atoms with Gasteiger partial charge in [-0.25, -0.2) is 4.98 Å². The second-order valence-corrected chi connectivity index (χ2v) is 3.66. The number of rotatable bonds is 2. The van der Waals surface area contributed by atoms with Gasteiger partial charge < -0.3 is 10.5 Å². The number of hydrogen-bond acceptors (Lipinski definition) is 3. The minimum atomic E-state index is 0.302. The first-order valence-corrected chi connectivity index (χ1v) is 4.71. The van der Waals surface area contributed by atoms with Crippen LogP contribution in [0.25, 0.3) is 0 Å². The Hall–Kier alpha value is -0.960. The van der Waals surface area contributed by atoms with Crippen LogP contribution in [-0.2, 0) is 0 Å². The molecule has 13 heavy (non-hydrogen) atoms. The standard InChI is InChI=1S/C9H11ClN2O/c10-6-4-8(11)9(12-5-6)13-7-2-1-3-7/h4-5,7H,1-3,11H2. The smallest absolute Gasteiger partial charge is 0.237 e. The topological polar surface area (TPSA) is 48.1 Å². The van der Waals surface area contributed by atoms with Gasteiger partial charge in [-0.1, -0.05) is 11.6 Å². The number of hydrogen-bond donors (Lipinski definition) is 1. The van der Waals surface area contributed by atoms with Crippen molar-refractivity contribution >= 4 is 17.3 Å². The fourth-order valence-electron chi connectivity index (χ4n) is 1.19. The van der Waals surface area contributed by atoms with Crippen molar-refractivity contribution < 1.29 is 4.74 Å². The molecule has 0 aromatic carbocycles. The van der Waals surface area contributed by atoms with E-state index in [4.69, 9.17) is 22.1 Å². The molecule has 70 valence electrons. The third kappa shape index (κ3) is 1.86. The van der Waals surface area contributed by atoms with Gasteiger partial charge in [0.05, 0.1) is 10.7 Å². The van der Waals surface area contributed by atoms with Crippen molar-refractivity contribution in [2.45, 2.75) is 25.4 Å². The Labute approximate surface area is 81.9 Å². The average Bonchev–Trinajstić information content (AvgIpc) is 1.99. The Kier molecular flexibility index (Phi) is 2.27. The molecule has 2 N–H and O–H groups in total. The molecule has 0 unspecified atom stereocenters. The summed E-state index contributed by atoms with van der Waals surface area (Å²) in [5.41, 5.74) is 6.19. The molecule has 0 bridgehead atoms. The molecule has 1 aromatic heterocycles. The van der Waals surface area contributed by atoms with Gasteiger partial charge in [-0.15, -0.1) is 0 Å². The van der Waals surface area contributed by atoms with Crippen LogP contribution < -0.4 is 10.5 Å². The second-order valence-electron chi connectivity index (χ2n) is 3.22. The van der Waals surface area contributed by atoms with E-state index in [1.54, 1.807) is 12.3 Å². The summed E-state index contributed by atoms with van der Waals surface area (Å²) in [5, 5.41) is 0.540. The molecule has 0 aliphatic heterocycles. The average molecular weight is 199 g/mol. The lowest BCUT2D eigenvalue weighted by Crippen LogP contribution is -2.25. The third-order valence-corrected chi connectivity index (χ3v) is 2.38. The maximum atomic E-state index is 5.70. The zero-order valence-corrected chi connectivity index (χ0v) is 7.92. The molecule has 0 amide bonds. The van der Waals surface area contributed by atoms with Gasteiger partial charge in [0.25, 0.3) is 0 Å². The van der Waals surface area contributed by atoms with Crippen LogP contribution in [0.4, 0.5) is 5.69 Å². The predicted octanol–water partition coefficient (Wildman–Crippen LogP) is 2.25. The molecular weight excluding hydrogens is 188 g/mol. The zero-order chi connectivity index (χ0) is 9.26. The highest BCUT2D eigenvalue weighted by molar-refractivity contribution is 6.30. The molecule has 1 aromatic rings. The van der Waals surface area contributed by atoms with Crippen LogP contribution in [0.5, 0.6) is 5.88 Å². The maximum Gasteiger partial charge on any atom is 0.237 e. The second kappa shape index (κ2) is 3.42. The number of anilines is 1. The summed E-state index contributed by atoms with van der Waals surface area (Å²) in [6, 6.07) is 1.66. The molecular formula is C9H11ClN2O. The molecule has 1 heterocycles. The van der Waals surface area contributed by atoms with Gasteiger partial charge in [0.1, 0.15) is 6.10 Å².